The van der Waals surface area contributed by atoms with E-state index < -0.39 is 18.2 Å². The van der Waals surface area contributed by atoms with Gasteiger partial charge in [-0.15, -0.1) is 0 Å². The Hall–Kier alpha value is -3.39. The van der Waals surface area contributed by atoms with E-state index in [0.717, 1.165) is 35.1 Å². The predicted octanol–water partition coefficient (Wildman–Crippen LogP) is 3.64. The van der Waals surface area contributed by atoms with Crippen molar-refractivity contribution in [2.24, 2.45) is 5.92 Å². The number of amides is 2. The van der Waals surface area contributed by atoms with Crippen molar-refractivity contribution in [3.05, 3.63) is 59.7 Å². The third-order valence-corrected chi connectivity index (χ3v) is 6.66. The maximum atomic E-state index is 12.9. The van der Waals surface area contributed by atoms with Gasteiger partial charge in [-0.1, -0.05) is 48.5 Å². The first-order valence-electron chi connectivity index (χ1n) is 12.1. The van der Waals surface area contributed by atoms with Gasteiger partial charge in [-0.25, -0.2) is 4.79 Å². The molecule has 2 amide bonds. The minimum atomic E-state index is -0.940. The second-order valence-electron chi connectivity index (χ2n) is 9.14. The van der Waals surface area contributed by atoms with Crippen LogP contribution in [0.2, 0.25) is 0 Å². The zero-order valence-corrected chi connectivity index (χ0v) is 19.9. The quantitative estimate of drug-likeness (QED) is 0.481. The number of aliphatic carboxylic acids is 1. The van der Waals surface area contributed by atoms with Crippen LogP contribution >= 0.6 is 0 Å². The third-order valence-electron chi connectivity index (χ3n) is 6.66. The number of ether oxygens (including phenoxy) is 2. The molecule has 2 aliphatic carbocycles. The second kappa shape index (κ2) is 11.4. The molecule has 2 N–H and O–H groups in total. The van der Waals surface area contributed by atoms with Crippen LogP contribution in [0.3, 0.4) is 0 Å². The third kappa shape index (κ3) is 6.19. The lowest BCUT2D eigenvalue weighted by Crippen LogP contribution is -2.43. The number of methoxy groups -OCH3 is 1. The fourth-order valence-electron chi connectivity index (χ4n) is 4.63. The van der Waals surface area contributed by atoms with Gasteiger partial charge < -0.3 is 24.8 Å². The molecule has 0 heterocycles. The number of fused-ring (bicyclic) bond motifs is 3. The molecule has 35 heavy (non-hydrogen) atoms. The molecule has 1 fully saturated rings. The minimum absolute atomic E-state index is 0.0216. The van der Waals surface area contributed by atoms with Crippen LogP contribution in [-0.2, 0) is 19.1 Å². The van der Waals surface area contributed by atoms with Crippen molar-refractivity contribution in [3.63, 3.8) is 0 Å². The molecule has 1 saturated carbocycles. The Labute approximate surface area is 205 Å². The number of hydrogen-bond donors (Lipinski definition) is 2. The second-order valence-corrected chi connectivity index (χ2v) is 9.14. The summed E-state index contributed by atoms with van der Waals surface area (Å²) in [5.41, 5.74) is 4.61. The molecule has 186 valence electrons. The van der Waals surface area contributed by atoms with Crippen molar-refractivity contribution in [1.82, 2.24) is 10.2 Å². The molecule has 1 unspecified atom stereocenters. The highest BCUT2D eigenvalue weighted by Gasteiger charge is 2.31. The predicted molar refractivity (Wildman–Crippen MR) is 130 cm³/mol. The minimum Gasteiger partial charge on any atom is -0.481 e. The van der Waals surface area contributed by atoms with E-state index in [9.17, 15) is 14.4 Å². The van der Waals surface area contributed by atoms with Gasteiger partial charge in [-0.3, -0.25) is 9.59 Å². The summed E-state index contributed by atoms with van der Waals surface area (Å²) < 4.78 is 10.9. The standard InChI is InChI=1S/C27H32N2O6/c1-34-24(26(32)29(15-13-25(30)31)16-18-10-11-18)12-14-28-27(33)35-17-23-21-8-4-2-6-19(21)20-7-3-5-9-22(20)23/h2-9,18,23-24H,10-17H2,1H3,(H,28,33)(H,30,31). The number of rotatable bonds is 12. The van der Waals surface area contributed by atoms with E-state index >= 15 is 0 Å². The highest BCUT2D eigenvalue weighted by atomic mass is 16.5. The summed E-state index contributed by atoms with van der Waals surface area (Å²) in [6.45, 7) is 1.13. The SMILES string of the molecule is COC(CCNC(=O)OCC1c2ccccc2-c2ccccc21)C(=O)N(CCC(=O)O)CC1CC1. The smallest absolute Gasteiger partial charge is 0.407 e. The highest BCUT2D eigenvalue weighted by molar-refractivity contribution is 5.82. The molecular formula is C27H32N2O6. The maximum absolute atomic E-state index is 12.9. The molecule has 0 bridgehead atoms. The molecule has 2 aliphatic rings. The zero-order chi connectivity index (χ0) is 24.8. The molecule has 4 rings (SSSR count). The molecule has 0 radical (unpaired) electrons. The highest BCUT2D eigenvalue weighted by Crippen LogP contribution is 2.44. The monoisotopic (exact) mass is 480 g/mol. The lowest BCUT2D eigenvalue weighted by molar-refractivity contribution is -0.144. The van der Waals surface area contributed by atoms with E-state index in [4.69, 9.17) is 14.6 Å². The number of benzene rings is 2. The van der Waals surface area contributed by atoms with E-state index in [1.165, 1.54) is 7.11 Å². The summed E-state index contributed by atoms with van der Waals surface area (Å²) in [7, 11) is 1.45. The molecule has 2 aromatic carbocycles. The van der Waals surface area contributed by atoms with E-state index in [0.29, 0.717) is 12.5 Å². The van der Waals surface area contributed by atoms with E-state index in [2.05, 4.69) is 29.6 Å². The number of hydrogen-bond acceptors (Lipinski definition) is 5. The van der Waals surface area contributed by atoms with Crippen LogP contribution in [0, 0.1) is 5.92 Å². The molecule has 2 aromatic rings. The lowest BCUT2D eigenvalue weighted by atomic mass is 9.98. The summed E-state index contributed by atoms with van der Waals surface area (Å²) >= 11 is 0. The van der Waals surface area contributed by atoms with Gasteiger partial charge in [0, 0.05) is 39.1 Å². The average molecular weight is 481 g/mol. The van der Waals surface area contributed by atoms with Gasteiger partial charge in [0.2, 0.25) is 0 Å². The first-order chi connectivity index (χ1) is 17.0. The summed E-state index contributed by atoms with van der Waals surface area (Å²) in [5, 5.41) is 11.7. The van der Waals surface area contributed by atoms with E-state index in [1.54, 1.807) is 4.90 Å². The van der Waals surface area contributed by atoms with Crippen molar-refractivity contribution in [2.75, 3.05) is 33.4 Å². The first kappa shape index (κ1) is 24.7. The van der Waals surface area contributed by atoms with Gasteiger partial charge in [0.15, 0.2) is 0 Å². The molecule has 0 aliphatic heterocycles. The topological polar surface area (TPSA) is 105 Å². The fraction of sp³-hybridized carbons (Fsp3) is 0.444. The van der Waals surface area contributed by atoms with Gasteiger partial charge >= 0.3 is 12.1 Å². The van der Waals surface area contributed by atoms with Gasteiger partial charge in [-0.05, 0) is 41.0 Å². The van der Waals surface area contributed by atoms with Crippen molar-refractivity contribution in [3.8, 4) is 11.1 Å². The number of nitrogens with one attached hydrogen (secondary N) is 1. The van der Waals surface area contributed by atoms with Gasteiger partial charge in [-0.2, -0.15) is 0 Å². The normalized spacial score (nSPS) is 15.1. The van der Waals surface area contributed by atoms with Crippen LogP contribution in [0.1, 0.15) is 42.7 Å². The number of nitrogens with zero attached hydrogens (tertiary/aromatic N) is 1. The number of carboxylic acid groups (broad SMARTS) is 1. The number of carboxylic acids is 1. The van der Waals surface area contributed by atoms with Crippen molar-refractivity contribution < 1.29 is 29.0 Å². The van der Waals surface area contributed by atoms with Crippen LogP contribution in [0.15, 0.2) is 48.5 Å². The summed E-state index contributed by atoms with van der Waals surface area (Å²) in [4.78, 5) is 37.9. The van der Waals surface area contributed by atoms with Crippen LogP contribution in [0.4, 0.5) is 4.79 Å². The molecule has 0 aromatic heterocycles. The van der Waals surface area contributed by atoms with Crippen LogP contribution in [0.25, 0.3) is 11.1 Å². The molecule has 0 saturated heterocycles. The van der Waals surface area contributed by atoms with Gasteiger partial charge in [0.05, 0.1) is 6.42 Å². The lowest BCUT2D eigenvalue weighted by Gasteiger charge is -2.26. The largest absolute Gasteiger partial charge is 0.481 e. The Bertz CT molecular complexity index is 1020. The maximum Gasteiger partial charge on any atom is 0.407 e. The first-order valence-corrected chi connectivity index (χ1v) is 12.1. The van der Waals surface area contributed by atoms with Crippen LogP contribution in [-0.4, -0.2) is 67.4 Å². The number of alkyl carbamates (subject to hydrolysis) is 1. The number of carbonyl (C=O) groups excluding carboxylic acids is 2. The van der Waals surface area contributed by atoms with Crippen molar-refractivity contribution in [1.29, 1.82) is 0 Å². The van der Waals surface area contributed by atoms with Crippen LogP contribution in [0.5, 0.6) is 0 Å². The number of carbonyl (C=O) groups is 3. The van der Waals surface area contributed by atoms with E-state index in [1.807, 2.05) is 24.3 Å². The van der Waals surface area contributed by atoms with Crippen LogP contribution < -0.4 is 5.32 Å². The zero-order valence-electron chi connectivity index (χ0n) is 19.9. The Morgan fingerprint density at radius 3 is 2.26 bits per heavy atom. The summed E-state index contributed by atoms with van der Waals surface area (Å²) in [6, 6.07) is 16.3. The van der Waals surface area contributed by atoms with E-state index in [-0.39, 0.29) is 44.4 Å². The van der Waals surface area contributed by atoms with Gasteiger partial charge in [0.25, 0.3) is 5.91 Å². The Morgan fingerprint density at radius 2 is 1.69 bits per heavy atom. The Kier molecular flexibility index (Phi) is 8.02. The molecule has 8 heteroatoms. The Balaban J connectivity index is 1.27. The molecule has 1 atom stereocenters. The van der Waals surface area contributed by atoms with Crippen molar-refractivity contribution >= 4 is 18.0 Å². The summed E-state index contributed by atoms with van der Waals surface area (Å²) in [5.74, 6) is -0.768. The van der Waals surface area contributed by atoms with Crippen molar-refractivity contribution in [2.45, 2.75) is 37.7 Å². The molecule has 8 nitrogen and oxygen atoms in total. The summed E-state index contributed by atoms with van der Waals surface area (Å²) in [6.07, 6.45) is 0.974. The fourth-order valence-corrected chi connectivity index (χ4v) is 4.63. The molecule has 0 spiro atoms. The average Bonchev–Trinajstić information content (AvgIpc) is 3.63. The molecular weight excluding hydrogens is 448 g/mol. The van der Waals surface area contributed by atoms with Gasteiger partial charge in [0.1, 0.15) is 12.7 Å². The Morgan fingerprint density at radius 1 is 1.06 bits per heavy atom.